The van der Waals surface area contributed by atoms with Gasteiger partial charge in [-0.2, -0.15) is 0 Å². The molecule has 1 aliphatic rings. The predicted octanol–water partition coefficient (Wildman–Crippen LogP) is 2.89. The second kappa shape index (κ2) is 6.94. The van der Waals surface area contributed by atoms with Gasteiger partial charge in [0, 0.05) is 0 Å². The fraction of sp³-hybridized carbons (Fsp3) is 0.500. The molecule has 2 rings (SSSR count). The maximum atomic E-state index is 13.2. The van der Waals surface area contributed by atoms with Crippen molar-refractivity contribution in [1.82, 2.24) is 5.32 Å². The fourth-order valence-electron chi connectivity index (χ4n) is 3.24. The summed E-state index contributed by atoms with van der Waals surface area (Å²) in [5.74, 6) is -2.91. The number of nitro groups is 1. The lowest BCUT2D eigenvalue weighted by Gasteiger charge is -2.38. The summed E-state index contributed by atoms with van der Waals surface area (Å²) in [6.45, 7) is 1.80. The Kier molecular flexibility index (Phi) is 5.16. The smallest absolute Gasteiger partial charge is 0.326 e. The Labute approximate surface area is 138 Å². The van der Waals surface area contributed by atoms with Crippen LogP contribution in [0.3, 0.4) is 0 Å². The Morgan fingerprint density at radius 1 is 1.33 bits per heavy atom. The maximum Gasteiger partial charge on any atom is 0.326 e. The summed E-state index contributed by atoms with van der Waals surface area (Å²) in [5, 5.41) is 22.9. The number of carbonyl (C=O) groups is 2. The van der Waals surface area contributed by atoms with Gasteiger partial charge in [-0.05, 0) is 30.4 Å². The van der Waals surface area contributed by atoms with Crippen LogP contribution in [0.2, 0.25) is 0 Å². The Morgan fingerprint density at radius 2 is 1.96 bits per heavy atom. The van der Waals surface area contributed by atoms with Crippen LogP contribution in [0.25, 0.3) is 0 Å². The zero-order chi connectivity index (χ0) is 17.9. The van der Waals surface area contributed by atoms with Crippen LogP contribution in [-0.4, -0.2) is 27.9 Å². The van der Waals surface area contributed by atoms with Gasteiger partial charge in [0.25, 0.3) is 11.6 Å². The summed E-state index contributed by atoms with van der Waals surface area (Å²) in [7, 11) is 0. The van der Waals surface area contributed by atoms with Crippen LogP contribution in [0.15, 0.2) is 18.2 Å². The molecule has 0 saturated heterocycles. The molecule has 1 aliphatic carbocycles. The van der Waals surface area contributed by atoms with E-state index in [1.165, 1.54) is 0 Å². The highest BCUT2D eigenvalue weighted by Gasteiger charge is 2.41. The van der Waals surface area contributed by atoms with E-state index in [2.05, 4.69) is 5.32 Å². The molecule has 2 N–H and O–H groups in total. The first-order valence-corrected chi connectivity index (χ1v) is 7.72. The van der Waals surface area contributed by atoms with E-state index in [4.69, 9.17) is 0 Å². The maximum absolute atomic E-state index is 13.2. The minimum Gasteiger partial charge on any atom is -0.480 e. The Hall–Kier alpha value is -2.51. The van der Waals surface area contributed by atoms with E-state index in [1.807, 2.05) is 0 Å². The lowest BCUT2D eigenvalue weighted by molar-refractivity contribution is -0.385. The second-order valence-electron chi connectivity index (χ2n) is 6.38. The topological polar surface area (TPSA) is 110 Å². The molecule has 7 nitrogen and oxygen atoms in total. The molecule has 0 spiro atoms. The number of hydrogen-bond acceptors (Lipinski definition) is 4. The number of halogens is 1. The Bertz CT molecular complexity index is 670. The number of benzene rings is 1. The first-order chi connectivity index (χ1) is 11.2. The van der Waals surface area contributed by atoms with Crippen molar-refractivity contribution in [3.63, 3.8) is 0 Å². The van der Waals surface area contributed by atoms with E-state index in [1.54, 1.807) is 6.92 Å². The van der Waals surface area contributed by atoms with Gasteiger partial charge in [-0.3, -0.25) is 14.9 Å². The number of nitrogens with one attached hydrogen (secondary N) is 1. The molecule has 1 saturated carbocycles. The number of rotatable bonds is 5. The van der Waals surface area contributed by atoms with Gasteiger partial charge in [-0.25, -0.2) is 9.18 Å². The molecule has 0 radical (unpaired) electrons. The van der Waals surface area contributed by atoms with Crippen molar-refractivity contribution in [1.29, 1.82) is 0 Å². The van der Waals surface area contributed by atoms with Crippen molar-refractivity contribution in [2.75, 3.05) is 0 Å². The van der Waals surface area contributed by atoms with Crippen molar-refractivity contribution in [2.24, 2.45) is 5.41 Å². The average molecular weight is 338 g/mol. The van der Waals surface area contributed by atoms with Crippen molar-refractivity contribution >= 4 is 17.6 Å². The Morgan fingerprint density at radius 3 is 2.50 bits per heavy atom. The molecule has 0 aromatic heterocycles. The number of nitrogens with zero attached hydrogens (tertiary/aromatic N) is 1. The quantitative estimate of drug-likeness (QED) is 0.633. The van der Waals surface area contributed by atoms with Crippen LogP contribution in [0.1, 0.15) is 49.4 Å². The van der Waals surface area contributed by atoms with Crippen LogP contribution in [0, 0.1) is 21.3 Å². The molecule has 1 amide bonds. The molecular formula is C16H19FN2O5. The lowest BCUT2D eigenvalue weighted by Crippen LogP contribution is -2.52. The van der Waals surface area contributed by atoms with E-state index >= 15 is 0 Å². The lowest BCUT2D eigenvalue weighted by atomic mass is 9.70. The largest absolute Gasteiger partial charge is 0.480 e. The van der Waals surface area contributed by atoms with Gasteiger partial charge in [-0.15, -0.1) is 0 Å². The third-order valence-electron chi connectivity index (χ3n) is 4.62. The molecule has 1 aromatic carbocycles. The molecule has 1 atom stereocenters. The van der Waals surface area contributed by atoms with Gasteiger partial charge in [0.1, 0.15) is 17.4 Å². The number of carbonyl (C=O) groups excluding carboxylic acids is 1. The van der Waals surface area contributed by atoms with Crippen molar-refractivity contribution in [3.8, 4) is 0 Å². The zero-order valence-electron chi connectivity index (χ0n) is 13.3. The standard InChI is InChI=1S/C16H19FN2O5/c1-16(7-3-2-4-8-16)13(15(21)22)18-14(20)11-6-5-10(17)9-12(11)19(23)24/h5-6,9,13H,2-4,7-8H2,1H3,(H,18,20)(H,21,22)/t13-/m1/s1. The molecule has 0 aliphatic heterocycles. The van der Waals surface area contributed by atoms with Crippen LogP contribution in [0.5, 0.6) is 0 Å². The molecule has 0 heterocycles. The van der Waals surface area contributed by atoms with Gasteiger partial charge in [0.15, 0.2) is 0 Å². The average Bonchev–Trinajstić information content (AvgIpc) is 2.52. The Balaban J connectivity index is 2.29. The van der Waals surface area contributed by atoms with E-state index in [0.717, 1.165) is 31.4 Å². The molecule has 0 bridgehead atoms. The molecule has 0 unspecified atom stereocenters. The highest BCUT2D eigenvalue weighted by atomic mass is 19.1. The van der Waals surface area contributed by atoms with Crippen LogP contribution < -0.4 is 5.32 Å². The minimum atomic E-state index is -1.18. The summed E-state index contributed by atoms with van der Waals surface area (Å²) in [6.07, 6.45) is 4.05. The van der Waals surface area contributed by atoms with Gasteiger partial charge in [0.2, 0.25) is 0 Å². The summed E-state index contributed by atoms with van der Waals surface area (Å²) in [5.41, 5.74) is -1.66. The molecule has 130 valence electrons. The summed E-state index contributed by atoms with van der Waals surface area (Å²) < 4.78 is 13.2. The first-order valence-electron chi connectivity index (χ1n) is 7.72. The molecule has 8 heteroatoms. The van der Waals surface area contributed by atoms with E-state index in [9.17, 15) is 29.2 Å². The number of carboxylic acid groups (broad SMARTS) is 1. The van der Waals surface area contributed by atoms with Gasteiger partial charge in [0.05, 0.1) is 11.0 Å². The number of carboxylic acids is 1. The minimum absolute atomic E-state index is 0.355. The summed E-state index contributed by atoms with van der Waals surface area (Å²) in [6, 6.07) is 1.41. The van der Waals surface area contributed by atoms with E-state index in [0.29, 0.717) is 18.9 Å². The highest BCUT2D eigenvalue weighted by Crippen LogP contribution is 2.39. The van der Waals surface area contributed by atoms with E-state index in [-0.39, 0.29) is 5.56 Å². The number of nitro benzene ring substituents is 1. The van der Waals surface area contributed by atoms with Crippen molar-refractivity contribution in [2.45, 2.75) is 45.1 Å². The molecule has 1 fully saturated rings. The first kappa shape index (κ1) is 17.8. The van der Waals surface area contributed by atoms with E-state index < -0.39 is 39.8 Å². The third kappa shape index (κ3) is 3.69. The number of hydrogen-bond donors (Lipinski definition) is 2. The normalized spacial score (nSPS) is 17.8. The van der Waals surface area contributed by atoms with Gasteiger partial charge in [-0.1, -0.05) is 26.2 Å². The van der Waals surface area contributed by atoms with Crippen molar-refractivity contribution < 1.29 is 24.0 Å². The molecule has 24 heavy (non-hydrogen) atoms. The highest BCUT2D eigenvalue weighted by molar-refractivity contribution is 6.00. The summed E-state index contributed by atoms with van der Waals surface area (Å²) >= 11 is 0. The predicted molar refractivity (Wildman–Crippen MR) is 83.1 cm³/mol. The summed E-state index contributed by atoms with van der Waals surface area (Å²) in [4.78, 5) is 34.2. The SMILES string of the molecule is CC1([C@H](NC(=O)c2ccc(F)cc2[N+](=O)[O-])C(=O)O)CCCCC1. The fourth-order valence-corrected chi connectivity index (χ4v) is 3.24. The van der Waals surface area contributed by atoms with Gasteiger partial charge >= 0.3 is 5.97 Å². The monoisotopic (exact) mass is 338 g/mol. The van der Waals surface area contributed by atoms with Gasteiger partial charge < -0.3 is 10.4 Å². The zero-order valence-corrected chi connectivity index (χ0v) is 13.3. The number of aliphatic carboxylic acids is 1. The molecule has 1 aromatic rings. The van der Waals surface area contributed by atoms with Crippen LogP contribution in [0.4, 0.5) is 10.1 Å². The van der Waals surface area contributed by atoms with Crippen LogP contribution >= 0.6 is 0 Å². The van der Waals surface area contributed by atoms with Crippen LogP contribution in [-0.2, 0) is 4.79 Å². The number of amides is 1. The second-order valence-corrected chi connectivity index (χ2v) is 6.38. The molecular weight excluding hydrogens is 319 g/mol. The third-order valence-corrected chi connectivity index (χ3v) is 4.62. The van der Waals surface area contributed by atoms with Crippen molar-refractivity contribution in [3.05, 3.63) is 39.7 Å².